The first-order chi connectivity index (χ1) is 12.5. The lowest BCUT2D eigenvalue weighted by Gasteiger charge is -2.19. The molecule has 0 saturated heterocycles. The minimum absolute atomic E-state index is 0.208. The summed E-state index contributed by atoms with van der Waals surface area (Å²) in [5.41, 5.74) is -0.584. The Morgan fingerprint density at radius 3 is 2.48 bits per heavy atom. The zero-order chi connectivity index (χ0) is 20.0. The van der Waals surface area contributed by atoms with E-state index in [0.29, 0.717) is 34.9 Å². The van der Waals surface area contributed by atoms with Gasteiger partial charge in [0.1, 0.15) is 16.8 Å². The van der Waals surface area contributed by atoms with Crippen LogP contribution in [0.15, 0.2) is 41.8 Å². The highest BCUT2D eigenvalue weighted by atomic mass is 16.3. The van der Waals surface area contributed by atoms with E-state index in [1.807, 2.05) is 20.8 Å². The normalized spacial score (nSPS) is 12.5. The SMILES string of the molecule is C=CCn1c(=O)c2cnc(C(C)(C)C)nc2n1-c1cccc(C(C)(C)O)n1. The maximum absolute atomic E-state index is 12.9. The molecule has 0 bridgehead atoms. The van der Waals surface area contributed by atoms with E-state index >= 15 is 0 Å². The fourth-order valence-electron chi connectivity index (χ4n) is 2.79. The van der Waals surface area contributed by atoms with Crippen LogP contribution in [0.4, 0.5) is 0 Å². The number of aromatic nitrogens is 5. The molecule has 27 heavy (non-hydrogen) atoms. The van der Waals surface area contributed by atoms with Crippen LogP contribution in [0.5, 0.6) is 0 Å². The maximum Gasteiger partial charge on any atom is 0.278 e. The number of hydrogen-bond donors (Lipinski definition) is 1. The highest BCUT2D eigenvalue weighted by Crippen LogP contribution is 2.23. The van der Waals surface area contributed by atoms with Gasteiger partial charge >= 0.3 is 0 Å². The molecular weight excluding hydrogens is 342 g/mol. The molecule has 0 amide bonds. The van der Waals surface area contributed by atoms with Crippen LogP contribution in [0, 0.1) is 0 Å². The Hall–Kier alpha value is -2.80. The molecule has 0 radical (unpaired) electrons. The molecule has 0 aliphatic heterocycles. The quantitative estimate of drug-likeness (QED) is 0.717. The molecule has 3 heterocycles. The van der Waals surface area contributed by atoms with Gasteiger partial charge in [-0.25, -0.2) is 24.3 Å². The second kappa shape index (κ2) is 6.42. The molecule has 1 N–H and O–H groups in total. The zero-order valence-corrected chi connectivity index (χ0v) is 16.4. The van der Waals surface area contributed by atoms with Crippen molar-refractivity contribution in [2.75, 3.05) is 0 Å². The van der Waals surface area contributed by atoms with Crippen molar-refractivity contribution in [1.82, 2.24) is 24.3 Å². The molecule has 0 aliphatic rings. The Balaban J connectivity index is 2.38. The second-order valence-corrected chi connectivity index (χ2v) is 8.11. The first-order valence-corrected chi connectivity index (χ1v) is 8.84. The summed E-state index contributed by atoms with van der Waals surface area (Å²) in [4.78, 5) is 26.5. The summed E-state index contributed by atoms with van der Waals surface area (Å²) in [5, 5.41) is 10.7. The zero-order valence-electron chi connectivity index (χ0n) is 16.4. The van der Waals surface area contributed by atoms with Crippen molar-refractivity contribution in [3.05, 3.63) is 58.9 Å². The highest BCUT2D eigenvalue weighted by molar-refractivity contribution is 5.75. The first kappa shape index (κ1) is 19.0. The first-order valence-electron chi connectivity index (χ1n) is 8.84. The van der Waals surface area contributed by atoms with Crippen LogP contribution in [-0.4, -0.2) is 29.4 Å². The van der Waals surface area contributed by atoms with Crippen LogP contribution in [0.2, 0.25) is 0 Å². The Morgan fingerprint density at radius 1 is 1.19 bits per heavy atom. The maximum atomic E-state index is 12.9. The lowest BCUT2D eigenvalue weighted by molar-refractivity contribution is 0.0738. The Morgan fingerprint density at radius 2 is 1.89 bits per heavy atom. The molecule has 0 saturated carbocycles. The van der Waals surface area contributed by atoms with Gasteiger partial charge in [-0.15, -0.1) is 6.58 Å². The summed E-state index contributed by atoms with van der Waals surface area (Å²) >= 11 is 0. The number of pyridine rings is 1. The molecule has 0 aliphatic carbocycles. The summed E-state index contributed by atoms with van der Waals surface area (Å²) < 4.78 is 3.20. The van der Waals surface area contributed by atoms with Crippen molar-refractivity contribution in [3.8, 4) is 5.82 Å². The Bertz CT molecular complexity index is 1060. The molecule has 3 aromatic heterocycles. The summed E-state index contributed by atoms with van der Waals surface area (Å²) in [6.45, 7) is 13.4. The molecule has 0 fully saturated rings. The highest BCUT2D eigenvalue weighted by Gasteiger charge is 2.24. The summed E-state index contributed by atoms with van der Waals surface area (Å²) in [6.07, 6.45) is 3.22. The van der Waals surface area contributed by atoms with Gasteiger partial charge in [0.05, 0.1) is 12.2 Å². The van der Waals surface area contributed by atoms with Gasteiger partial charge in [-0.3, -0.25) is 4.79 Å². The second-order valence-electron chi connectivity index (χ2n) is 8.11. The average Bonchev–Trinajstić information content (AvgIpc) is 2.86. The average molecular weight is 367 g/mol. The topological polar surface area (TPSA) is 85.8 Å². The van der Waals surface area contributed by atoms with Gasteiger partial charge in [-0.2, -0.15) is 0 Å². The summed E-state index contributed by atoms with van der Waals surface area (Å²) in [6, 6.07) is 5.34. The molecule has 142 valence electrons. The van der Waals surface area contributed by atoms with E-state index in [-0.39, 0.29) is 11.0 Å². The van der Waals surface area contributed by atoms with Crippen LogP contribution in [-0.2, 0) is 17.6 Å². The van der Waals surface area contributed by atoms with E-state index in [1.54, 1.807) is 49.0 Å². The van der Waals surface area contributed by atoms with E-state index in [0.717, 1.165) is 0 Å². The monoisotopic (exact) mass is 367 g/mol. The molecule has 0 unspecified atom stereocenters. The Labute approximate surface area is 158 Å². The molecule has 3 rings (SSSR count). The van der Waals surface area contributed by atoms with Gasteiger partial charge < -0.3 is 5.11 Å². The van der Waals surface area contributed by atoms with Crippen molar-refractivity contribution in [2.45, 2.75) is 52.2 Å². The van der Waals surface area contributed by atoms with E-state index in [9.17, 15) is 9.90 Å². The lowest BCUT2D eigenvalue weighted by atomic mass is 9.96. The van der Waals surface area contributed by atoms with Crippen molar-refractivity contribution in [2.24, 2.45) is 0 Å². The molecular formula is C20H25N5O2. The third-order valence-electron chi connectivity index (χ3n) is 4.23. The van der Waals surface area contributed by atoms with Crippen molar-refractivity contribution in [1.29, 1.82) is 0 Å². The third-order valence-corrected chi connectivity index (χ3v) is 4.23. The summed E-state index contributed by atoms with van der Waals surface area (Å²) in [5.74, 6) is 1.14. The van der Waals surface area contributed by atoms with Crippen molar-refractivity contribution in [3.63, 3.8) is 0 Å². The van der Waals surface area contributed by atoms with Crippen LogP contribution >= 0.6 is 0 Å². The molecule has 3 aromatic rings. The largest absolute Gasteiger partial charge is 0.384 e. The van der Waals surface area contributed by atoms with Crippen LogP contribution in [0.25, 0.3) is 16.9 Å². The van der Waals surface area contributed by atoms with Crippen LogP contribution < -0.4 is 5.56 Å². The van der Waals surface area contributed by atoms with Gasteiger partial charge in [-0.05, 0) is 26.0 Å². The number of aliphatic hydroxyl groups is 1. The van der Waals surface area contributed by atoms with Gasteiger partial charge in [-0.1, -0.05) is 32.9 Å². The minimum Gasteiger partial charge on any atom is -0.384 e. The smallest absolute Gasteiger partial charge is 0.278 e. The van der Waals surface area contributed by atoms with Gasteiger partial charge in [0.2, 0.25) is 0 Å². The molecule has 7 heteroatoms. The van der Waals surface area contributed by atoms with E-state index in [2.05, 4.69) is 21.5 Å². The van der Waals surface area contributed by atoms with E-state index < -0.39 is 5.60 Å². The number of allylic oxidation sites excluding steroid dienone is 1. The minimum atomic E-state index is -1.10. The number of nitrogens with zero attached hydrogens (tertiary/aromatic N) is 5. The number of rotatable bonds is 4. The van der Waals surface area contributed by atoms with Gasteiger partial charge in [0, 0.05) is 11.6 Å². The predicted molar refractivity (Wildman–Crippen MR) is 105 cm³/mol. The molecule has 0 aromatic carbocycles. The van der Waals surface area contributed by atoms with Gasteiger partial charge in [0.25, 0.3) is 5.56 Å². The van der Waals surface area contributed by atoms with E-state index in [1.165, 1.54) is 4.68 Å². The molecule has 0 atom stereocenters. The van der Waals surface area contributed by atoms with Gasteiger partial charge in [0.15, 0.2) is 11.5 Å². The lowest BCUT2D eigenvalue weighted by Crippen LogP contribution is -2.24. The van der Waals surface area contributed by atoms with E-state index in [4.69, 9.17) is 0 Å². The Kier molecular flexibility index (Phi) is 4.51. The van der Waals surface area contributed by atoms with Crippen molar-refractivity contribution < 1.29 is 5.11 Å². The van der Waals surface area contributed by atoms with Crippen molar-refractivity contribution >= 4 is 11.0 Å². The number of fused-ring (bicyclic) bond motifs is 1. The predicted octanol–water partition coefficient (Wildman–Crippen LogP) is 2.69. The standard InChI is InChI=1S/C20H25N5O2/c1-7-11-24-17(26)13-12-21-18(19(2,3)4)23-16(13)25(24)15-10-8-9-14(22-15)20(5,6)27/h7-10,12,27H,1,11H2,2-6H3. The molecule has 0 spiro atoms. The summed E-state index contributed by atoms with van der Waals surface area (Å²) in [7, 11) is 0. The number of hydrogen-bond acceptors (Lipinski definition) is 5. The van der Waals surface area contributed by atoms with Crippen LogP contribution in [0.1, 0.15) is 46.1 Å². The van der Waals surface area contributed by atoms with Crippen LogP contribution in [0.3, 0.4) is 0 Å². The molecule has 7 nitrogen and oxygen atoms in total. The fourth-order valence-corrected chi connectivity index (χ4v) is 2.79. The third kappa shape index (κ3) is 3.42. The fraction of sp³-hybridized carbons (Fsp3) is 0.400.